The van der Waals surface area contributed by atoms with E-state index in [2.05, 4.69) is 0 Å². The Hall–Kier alpha value is -0.370. The molecule has 1 heterocycles. The van der Waals surface area contributed by atoms with Gasteiger partial charge < -0.3 is 4.74 Å². The van der Waals surface area contributed by atoms with Crippen molar-refractivity contribution in [2.45, 2.75) is 6.54 Å². The standard InChI is InChI=1S/C12H16Cl2N2O3S/c1-15(9-10-2-3-11(13)12(14)8-10)20(17,18)16-4-6-19-7-5-16/h2-3,8H,4-7,9H2,1H3. The summed E-state index contributed by atoms with van der Waals surface area (Å²) in [7, 11) is -1.92. The zero-order valence-electron chi connectivity index (χ0n) is 11.1. The van der Waals surface area contributed by atoms with Crippen molar-refractivity contribution in [3.63, 3.8) is 0 Å². The number of nitrogens with zero attached hydrogens (tertiary/aromatic N) is 2. The van der Waals surface area contributed by atoms with Gasteiger partial charge in [0.1, 0.15) is 0 Å². The summed E-state index contributed by atoms with van der Waals surface area (Å²) in [4.78, 5) is 0. The van der Waals surface area contributed by atoms with Crippen LogP contribution in [0.4, 0.5) is 0 Å². The Labute approximate surface area is 129 Å². The molecule has 1 fully saturated rings. The van der Waals surface area contributed by atoms with Crippen LogP contribution < -0.4 is 0 Å². The highest BCUT2D eigenvalue weighted by atomic mass is 35.5. The lowest BCUT2D eigenvalue weighted by Gasteiger charge is -2.30. The molecule has 0 atom stereocenters. The van der Waals surface area contributed by atoms with Crippen LogP contribution in [-0.4, -0.2) is 50.4 Å². The second kappa shape index (κ2) is 6.60. The van der Waals surface area contributed by atoms with Crippen molar-refractivity contribution >= 4 is 33.4 Å². The largest absolute Gasteiger partial charge is 0.379 e. The van der Waals surface area contributed by atoms with Crippen molar-refractivity contribution in [1.29, 1.82) is 0 Å². The minimum Gasteiger partial charge on any atom is -0.379 e. The summed E-state index contributed by atoms with van der Waals surface area (Å²) < 4.78 is 32.7. The molecule has 20 heavy (non-hydrogen) atoms. The average Bonchev–Trinajstić information content (AvgIpc) is 2.44. The summed E-state index contributed by atoms with van der Waals surface area (Å²) in [5, 5.41) is 0.871. The third-order valence-corrected chi connectivity index (χ3v) is 5.75. The van der Waals surface area contributed by atoms with Crippen molar-refractivity contribution in [3.05, 3.63) is 33.8 Å². The van der Waals surface area contributed by atoms with E-state index in [9.17, 15) is 8.42 Å². The molecule has 0 amide bonds. The van der Waals surface area contributed by atoms with E-state index in [4.69, 9.17) is 27.9 Å². The van der Waals surface area contributed by atoms with Gasteiger partial charge in [-0.25, -0.2) is 0 Å². The zero-order valence-corrected chi connectivity index (χ0v) is 13.4. The predicted octanol–water partition coefficient (Wildman–Crippen LogP) is 2.00. The van der Waals surface area contributed by atoms with Gasteiger partial charge in [0.2, 0.25) is 0 Å². The van der Waals surface area contributed by atoms with E-state index in [0.717, 1.165) is 5.56 Å². The third-order valence-electron chi connectivity index (χ3n) is 3.08. The monoisotopic (exact) mass is 338 g/mol. The number of benzene rings is 1. The first-order valence-electron chi connectivity index (χ1n) is 6.14. The maximum absolute atomic E-state index is 12.4. The van der Waals surface area contributed by atoms with Gasteiger partial charge in [0.25, 0.3) is 10.2 Å². The molecule has 0 aromatic heterocycles. The highest BCUT2D eigenvalue weighted by molar-refractivity contribution is 7.86. The number of ether oxygens (including phenoxy) is 1. The lowest BCUT2D eigenvalue weighted by molar-refractivity contribution is 0.0705. The van der Waals surface area contributed by atoms with Gasteiger partial charge in [-0.15, -0.1) is 0 Å². The Bertz CT molecular complexity index is 574. The smallest absolute Gasteiger partial charge is 0.282 e. The van der Waals surface area contributed by atoms with Gasteiger partial charge in [-0.05, 0) is 17.7 Å². The summed E-state index contributed by atoms with van der Waals surface area (Å²) in [5.74, 6) is 0. The molecule has 0 bridgehead atoms. The van der Waals surface area contributed by atoms with Gasteiger partial charge in [0.15, 0.2) is 0 Å². The summed E-state index contributed by atoms with van der Waals surface area (Å²) in [6.07, 6.45) is 0. The van der Waals surface area contributed by atoms with Gasteiger partial charge in [-0.1, -0.05) is 29.3 Å². The lowest BCUT2D eigenvalue weighted by atomic mass is 10.2. The maximum Gasteiger partial charge on any atom is 0.282 e. The molecule has 0 saturated carbocycles. The maximum atomic E-state index is 12.4. The first kappa shape index (κ1) is 16.0. The summed E-state index contributed by atoms with van der Waals surface area (Å²) in [5.41, 5.74) is 0.790. The second-order valence-corrected chi connectivity index (χ2v) is 7.37. The number of hydrogen-bond acceptors (Lipinski definition) is 3. The fraction of sp³-hybridized carbons (Fsp3) is 0.500. The van der Waals surface area contributed by atoms with Crippen LogP contribution in [0.25, 0.3) is 0 Å². The van der Waals surface area contributed by atoms with Crippen LogP contribution in [0, 0.1) is 0 Å². The van der Waals surface area contributed by atoms with Crippen LogP contribution in [0.3, 0.4) is 0 Å². The molecule has 0 spiro atoms. The van der Waals surface area contributed by atoms with Crippen LogP contribution in [0.5, 0.6) is 0 Å². The van der Waals surface area contributed by atoms with Crippen molar-refractivity contribution in [2.75, 3.05) is 33.4 Å². The van der Waals surface area contributed by atoms with E-state index < -0.39 is 10.2 Å². The Morgan fingerprint density at radius 2 is 1.90 bits per heavy atom. The van der Waals surface area contributed by atoms with Gasteiger partial charge in [0.05, 0.1) is 23.3 Å². The fourth-order valence-corrected chi connectivity index (χ4v) is 3.59. The van der Waals surface area contributed by atoms with E-state index >= 15 is 0 Å². The molecule has 112 valence electrons. The number of hydrogen-bond donors (Lipinski definition) is 0. The van der Waals surface area contributed by atoms with Gasteiger partial charge >= 0.3 is 0 Å². The van der Waals surface area contributed by atoms with Gasteiger partial charge in [-0.2, -0.15) is 17.0 Å². The van der Waals surface area contributed by atoms with E-state index in [0.29, 0.717) is 36.3 Å². The molecule has 0 N–H and O–H groups in total. The first-order valence-corrected chi connectivity index (χ1v) is 8.29. The normalized spacial score (nSPS) is 17.6. The Morgan fingerprint density at radius 3 is 2.50 bits per heavy atom. The molecule has 5 nitrogen and oxygen atoms in total. The Kier molecular flexibility index (Phi) is 5.28. The van der Waals surface area contributed by atoms with Crippen molar-refractivity contribution in [3.8, 4) is 0 Å². The number of rotatable bonds is 4. The molecular formula is C12H16Cl2N2O3S. The second-order valence-electron chi connectivity index (χ2n) is 4.52. The van der Waals surface area contributed by atoms with Crippen LogP contribution in [-0.2, 0) is 21.5 Å². The van der Waals surface area contributed by atoms with E-state index in [1.54, 1.807) is 25.2 Å². The molecule has 0 aliphatic carbocycles. The summed E-state index contributed by atoms with van der Waals surface area (Å²) >= 11 is 11.8. The molecular weight excluding hydrogens is 323 g/mol. The zero-order chi connectivity index (χ0) is 14.8. The van der Waals surface area contributed by atoms with Crippen molar-refractivity contribution in [1.82, 2.24) is 8.61 Å². The molecule has 1 aliphatic heterocycles. The SMILES string of the molecule is CN(Cc1ccc(Cl)c(Cl)c1)S(=O)(=O)N1CCOCC1. The van der Waals surface area contributed by atoms with Gasteiger partial charge in [0, 0.05) is 26.7 Å². The number of morpholine rings is 1. The molecule has 0 radical (unpaired) electrons. The van der Waals surface area contributed by atoms with E-state index in [1.807, 2.05) is 0 Å². The van der Waals surface area contributed by atoms with Crippen LogP contribution in [0.1, 0.15) is 5.56 Å². The molecule has 2 rings (SSSR count). The van der Waals surface area contributed by atoms with E-state index in [-0.39, 0.29) is 6.54 Å². The summed E-state index contributed by atoms with van der Waals surface area (Å²) in [6, 6.07) is 5.10. The third kappa shape index (κ3) is 3.63. The minimum atomic E-state index is -3.47. The highest BCUT2D eigenvalue weighted by Gasteiger charge is 2.28. The molecule has 1 aromatic rings. The minimum absolute atomic E-state index is 0.247. The topological polar surface area (TPSA) is 49.9 Å². The first-order chi connectivity index (χ1) is 9.41. The molecule has 8 heteroatoms. The molecule has 0 unspecified atom stereocenters. The lowest BCUT2D eigenvalue weighted by Crippen LogP contribution is -2.47. The van der Waals surface area contributed by atoms with Crippen LogP contribution in [0.15, 0.2) is 18.2 Å². The molecule has 1 aromatic carbocycles. The van der Waals surface area contributed by atoms with Crippen LogP contribution in [0.2, 0.25) is 10.0 Å². The van der Waals surface area contributed by atoms with Crippen molar-refractivity contribution < 1.29 is 13.2 Å². The average molecular weight is 339 g/mol. The Balaban J connectivity index is 2.09. The highest BCUT2D eigenvalue weighted by Crippen LogP contribution is 2.23. The predicted molar refractivity (Wildman–Crippen MR) is 79.2 cm³/mol. The summed E-state index contributed by atoms with van der Waals surface area (Å²) in [6.45, 7) is 1.87. The fourth-order valence-electron chi connectivity index (χ4n) is 1.95. The van der Waals surface area contributed by atoms with Crippen molar-refractivity contribution in [2.24, 2.45) is 0 Å². The molecule has 1 aliphatic rings. The van der Waals surface area contributed by atoms with Crippen LogP contribution >= 0.6 is 23.2 Å². The van der Waals surface area contributed by atoms with E-state index in [1.165, 1.54) is 8.61 Å². The number of halogens is 2. The molecule has 1 saturated heterocycles. The Morgan fingerprint density at radius 1 is 1.25 bits per heavy atom. The quantitative estimate of drug-likeness (QED) is 0.843. The van der Waals surface area contributed by atoms with Gasteiger partial charge in [-0.3, -0.25) is 0 Å².